The SMILES string of the molecule is CC1(C)c2ccccc2-c2ccc(-c3cc(-c4cccc(B5OC(C)(C)C(C)(C)O5)c4)ncn3)cc21. The van der Waals surface area contributed by atoms with Gasteiger partial charge in [0.05, 0.1) is 22.6 Å². The van der Waals surface area contributed by atoms with Crippen LogP contribution in [0, 0.1) is 0 Å². The zero-order chi connectivity index (χ0) is 25.3. The first-order chi connectivity index (χ1) is 17.1. The van der Waals surface area contributed by atoms with Crippen molar-refractivity contribution in [1.82, 2.24) is 9.97 Å². The number of rotatable bonds is 3. The van der Waals surface area contributed by atoms with Gasteiger partial charge in [0.2, 0.25) is 0 Å². The fourth-order valence-electron chi connectivity index (χ4n) is 5.36. The Bertz CT molecular complexity index is 1480. The van der Waals surface area contributed by atoms with Crippen LogP contribution >= 0.6 is 0 Å². The third-order valence-electron chi connectivity index (χ3n) is 8.25. The highest BCUT2D eigenvalue weighted by Gasteiger charge is 2.51. The largest absolute Gasteiger partial charge is 0.494 e. The molecular weight excluding hydrogens is 443 g/mol. The van der Waals surface area contributed by atoms with Gasteiger partial charge >= 0.3 is 7.12 Å². The molecule has 5 heteroatoms. The molecule has 0 saturated carbocycles. The van der Waals surface area contributed by atoms with E-state index in [-0.39, 0.29) is 16.6 Å². The Balaban J connectivity index is 1.35. The van der Waals surface area contributed by atoms with Gasteiger partial charge in [0.15, 0.2) is 0 Å². The molecule has 1 aromatic heterocycles. The van der Waals surface area contributed by atoms with E-state index in [0.717, 1.165) is 28.0 Å². The van der Waals surface area contributed by atoms with E-state index < -0.39 is 7.12 Å². The van der Waals surface area contributed by atoms with Crippen molar-refractivity contribution in [2.75, 3.05) is 0 Å². The van der Waals surface area contributed by atoms with Crippen LogP contribution in [0.5, 0.6) is 0 Å². The average Bonchev–Trinajstić information content (AvgIpc) is 3.24. The predicted molar refractivity (Wildman–Crippen MR) is 146 cm³/mol. The number of nitrogens with zero attached hydrogens (tertiary/aromatic N) is 2. The molecule has 2 heterocycles. The molecular formula is C31H31BN2O2. The van der Waals surface area contributed by atoms with Crippen LogP contribution in [0.25, 0.3) is 33.6 Å². The number of fused-ring (bicyclic) bond motifs is 3. The lowest BCUT2D eigenvalue weighted by molar-refractivity contribution is 0.00578. The molecule has 36 heavy (non-hydrogen) atoms. The highest BCUT2D eigenvalue weighted by atomic mass is 16.7. The lowest BCUT2D eigenvalue weighted by atomic mass is 9.78. The van der Waals surface area contributed by atoms with Gasteiger partial charge in [0.25, 0.3) is 0 Å². The second kappa shape index (κ2) is 7.86. The van der Waals surface area contributed by atoms with Gasteiger partial charge < -0.3 is 9.31 Å². The summed E-state index contributed by atoms with van der Waals surface area (Å²) in [6, 6.07) is 25.7. The first-order valence-corrected chi connectivity index (χ1v) is 12.6. The summed E-state index contributed by atoms with van der Waals surface area (Å²) in [5.41, 5.74) is 9.43. The zero-order valence-electron chi connectivity index (χ0n) is 21.8. The average molecular weight is 474 g/mol. The van der Waals surface area contributed by atoms with Crippen molar-refractivity contribution in [3.05, 3.63) is 90.3 Å². The van der Waals surface area contributed by atoms with Crippen LogP contribution in [0.15, 0.2) is 79.1 Å². The Labute approximate surface area is 213 Å². The predicted octanol–water partition coefficient (Wildman–Crippen LogP) is 6.42. The molecule has 1 fully saturated rings. The molecule has 2 aliphatic rings. The fraction of sp³-hybridized carbons (Fsp3) is 0.290. The minimum atomic E-state index is -0.406. The molecule has 0 N–H and O–H groups in total. The smallest absolute Gasteiger partial charge is 0.399 e. The van der Waals surface area contributed by atoms with Gasteiger partial charge in [-0.3, -0.25) is 0 Å². The summed E-state index contributed by atoms with van der Waals surface area (Å²) in [6.45, 7) is 12.9. The minimum Gasteiger partial charge on any atom is -0.399 e. The van der Waals surface area contributed by atoms with Crippen molar-refractivity contribution in [1.29, 1.82) is 0 Å². The van der Waals surface area contributed by atoms with Crippen LogP contribution in [0.4, 0.5) is 0 Å². The number of aromatic nitrogens is 2. The van der Waals surface area contributed by atoms with Crippen molar-refractivity contribution in [2.45, 2.75) is 58.2 Å². The van der Waals surface area contributed by atoms with Crippen LogP contribution in [0.1, 0.15) is 52.7 Å². The highest BCUT2D eigenvalue weighted by molar-refractivity contribution is 6.62. The molecule has 4 nitrogen and oxygen atoms in total. The van der Waals surface area contributed by atoms with Gasteiger partial charge in [0, 0.05) is 11.0 Å². The first-order valence-electron chi connectivity index (χ1n) is 12.6. The van der Waals surface area contributed by atoms with Crippen LogP contribution in [-0.2, 0) is 14.7 Å². The molecule has 180 valence electrons. The van der Waals surface area contributed by atoms with Gasteiger partial charge in [-0.1, -0.05) is 74.5 Å². The van der Waals surface area contributed by atoms with Gasteiger partial charge in [-0.2, -0.15) is 0 Å². The normalized spacial score (nSPS) is 18.7. The molecule has 0 unspecified atom stereocenters. The van der Waals surface area contributed by atoms with E-state index in [1.54, 1.807) is 6.33 Å². The summed E-state index contributed by atoms with van der Waals surface area (Å²) in [4.78, 5) is 9.24. The highest BCUT2D eigenvalue weighted by Crippen LogP contribution is 2.49. The van der Waals surface area contributed by atoms with E-state index >= 15 is 0 Å². The van der Waals surface area contributed by atoms with E-state index in [4.69, 9.17) is 9.31 Å². The van der Waals surface area contributed by atoms with Crippen LogP contribution in [-0.4, -0.2) is 28.3 Å². The fourth-order valence-corrected chi connectivity index (χ4v) is 5.36. The van der Waals surface area contributed by atoms with Crippen molar-refractivity contribution in [3.8, 4) is 33.6 Å². The van der Waals surface area contributed by atoms with Crippen molar-refractivity contribution < 1.29 is 9.31 Å². The van der Waals surface area contributed by atoms with Gasteiger partial charge in [-0.25, -0.2) is 9.97 Å². The zero-order valence-corrected chi connectivity index (χ0v) is 21.8. The summed E-state index contributed by atoms with van der Waals surface area (Å²) in [5.74, 6) is 0. The molecule has 0 atom stereocenters. The van der Waals surface area contributed by atoms with E-state index in [1.807, 2.05) is 12.1 Å². The number of benzene rings is 3. The Morgan fingerprint density at radius 3 is 1.97 bits per heavy atom. The van der Waals surface area contributed by atoms with Crippen LogP contribution < -0.4 is 5.46 Å². The Morgan fingerprint density at radius 2 is 1.25 bits per heavy atom. The van der Waals surface area contributed by atoms with Gasteiger partial charge in [0.1, 0.15) is 6.33 Å². The summed E-state index contributed by atoms with van der Waals surface area (Å²) < 4.78 is 12.5. The van der Waals surface area contributed by atoms with E-state index in [0.29, 0.717) is 0 Å². The van der Waals surface area contributed by atoms with Gasteiger partial charge in [-0.05, 0) is 73.1 Å². The quantitative estimate of drug-likeness (QED) is 0.322. The van der Waals surface area contributed by atoms with Crippen LogP contribution in [0.3, 0.4) is 0 Å². The maximum atomic E-state index is 6.27. The minimum absolute atomic E-state index is 0.0467. The Kier molecular flexibility index (Phi) is 5.05. The number of hydrogen-bond donors (Lipinski definition) is 0. The lowest BCUT2D eigenvalue weighted by Gasteiger charge is -2.32. The monoisotopic (exact) mass is 474 g/mol. The molecule has 6 rings (SSSR count). The molecule has 0 amide bonds. The van der Waals surface area contributed by atoms with E-state index in [1.165, 1.54) is 22.3 Å². The van der Waals surface area contributed by atoms with Crippen molar-refractivity contribution in [2.24, 2.45) is 0 Å². The standard InChI is InChI=1S/C31H31BN2O2/c1-29(2)25-13-8-7-12-23(25)24-15-14-21(17-26(24)29)28-18-27(33-19-34-28)20-10-9-11-22(16-20)32-35-30(3,4)31(5,6)36-32/h7-19H,1-6H3. The van der Waals surface area contributed by atoms with E-state index in [9.17, 15) is 0 Å². The molecule has 1 saturated heterocycles. The van der Waals surface area contributed by atoms with Crippen molar-refractivity contribution in [3.63, 3.8) is 0 Å². The third-order valence-corrected chi connectivity index (χ3v) is 8.25. The summed E-state index contributed by atoms with van der Waals surface area (Å²) in [6.07, 6.45) is 1.65. The van der Waals surface area contributed by atoms with Gasteiger partial charge in [-0.15, -0.1) is 0 Å². The summed E-state index contributed by atoms with van der Waals surface area (Å²) in [5, 5.41) is 0. The lowest BCUT2D eigenvalue weighted by Crippen LogP contribution is -2.41. The Hall–Kier alpha value is -3.28. The third kappa shape index (κ3) is 3.53. The molecule has 3 aromatic carbocycles. The second-order valence-electron chi connectivity index (χ2n) is 11.4. The van der Waals surface area contributed by atoms with E-state index in [2.05, 4.69) is 112 Å². The Morgan fingerprint density at radius 1 is 0.611 bits per heavy atom. The molecule has 1 aliphatic carbocycles. The molecule has 4 aromatic rings. The number of hydrogen-bond acceptors (Lipinski definition) is 4. The molecule has 0 radical (unpaired) electrons. The van der Waals surface area contributed by atoms with Crippen LogP contribution in [0.2, 0.25) is 0 Å². The molecule has 0 bridgehead atoms. The summed E-state index contributed by atoms with van der Waals surface area (Å²) in [7, 11) is -0.406. The maximum Gasteiger partial charge on any atom is 0.494 e. The molecule has 1 aliphatic heterocycles. The maximum absolute atomic E-state index is 6.27. The molecule has 0 spiro atoms. The van der Waals surface area contributed by atoms with Crippen molar-refractivity contribution >= 4 is 12.6 Å². The topological polar surface area (TPSA) is 44.2 Å². The first kappa shape index (κ1) is 23.1. The summed E-state index contributed by atoms with van der Waals surface area (Å²) >= 11 is 0. The second-order valence-corrected chi connectivity index (χ2v) is 11.4.